The Kier molecular flexibility index (Phi) is 5.57. The summed E-state index contributed by atoms with van der Waals surface area (Å²) in [5.74, 6) is 6.65. The molecule has 0 saturated carbocycles. The Labute approximate surface area is 122 Å². The van der Waals surface area contributed by atoms with Gasteiger partial charge in [0, 0.05) is 13.0 Å². The minimum absolute atomic E-state index is 0.0173. The maximum atomic E-state index is 5.71. The minimum atomic E-state index is -0.0173. The van der Waals surface area contributed by atoms with Crippen molar-refractivity contribution in [2.45, 2.75) is 52.1 Å². The molecule has 1 atom stereocenters. The third-order valence-electron chi connectivity index (χ3n) is 3.11. The van der Waals surface area contributed by atoms with Crippen LogP contribution in [0.25, 0.3) is 0 Å². The third kappa shape index (κ3) is 3.38. The highest BCUT2D eigenvalue weighted by atomic mass is 32.1. The van der Waals surface area contributed by atoms with Crippen LogP contribution < -0.4 is 11.3 Å². The van der Waals surface area contributed by atoms with Crippen molar-refractivity contribution in [1.29, 1.82) is 0 Å². The van der Waals surface area contributed by atoms with Crippen LogP contribution in [-0.2, 0) is 19.4 Å². The zero-order chi connectivity index (χ0) is 14.4. The van der Waals surface area contributed by atoms with Gasteiger partial charge in [0.25, 0.3) is 0 Å². The first-order valence-electron chi connectivity index (χ1n) is 6.94. The lowest BCUT2D eigenvalue weighted by Crippen LogP contribution is -2.30. The van der Waals surface area contributed by atoms with E-state index in [0.29, 0.717) is 6.42 Å². The topological polar surface area (TPSA) is 94.5 Å². The number of hydrogen-bond donors (Lipinski definition) is 2. The van der Waals surface area contributed by atoms with Gasteiger partial charge in [-0.2, -0.15) is 5.10 Å². The normalized spacial score (nSPS) is 12.8. The van der Waals surface area contributed by atoms with Crippen molar-refractivity contribution in [3.05, 3.63) is 22.7 Å². The number of nitrogens with one attached hydrogen (secondary N) is 1. The Morgan fingerprint density at radius 2 is 2.25 bits per heavy atom. The summed E-state index contributed by atoms with van der Waals surface area (Å²) in [5, 5.41) is 8.44. The second kappa shape index (κ2) is 7.41. The number of aryl methyl sites for hydroxylation is 2. The lowest BCUT2D eigenvalue weighted by molar-refractivity contribution is 0.501. The Hall–Kier alpha value is -1.38. The SMILES string of the molecule is CCCc1nnsc1C(Cc1ncnn1CCC)NN. The van der Waals surface area contributed by atoms with E-state index in [1.54, 1.807) is 6.33 Å². The molecule has 3 N–H and O–H groups in total. The van der Waals surface area contributed by atoms with Crippen molar-refractivity contribution in [3.8, 4) is 0 Å². The fourth-order valence-electron chi connectivity index (χ4n) is 2.15. The lowest BCUT2D eigenvalue weighted by atomic mass is 10.1. The van der Waals surface area contributed by atoms with Gasteiger partial charge in [-0.3, -0.25) is 16.0 Å². The van der Waals surface area contributed by atoms with Crippen LogP contribution in [-0.4, -0.2) is 24.4 Å². The average molecular weight is 295 g/mol. The molecule has 110 valence electrons. The van der Waals surface area contributed by atoms with Crippen LogP contribution in [0.5, 0.6) is 0 Å². The molecule has 2 heterocycles. The van der Waals surface area contributed by atoms with E-state index in [1.807, 2.05) is 4.68 Å². The van der Waals surface area contributed by atoms with Crippen LogP contribution in [0.2, 0.25) is 0 Å². The molecular formula is C12H21N7S. The smallest absolute Gasteiger partial charge is 0.138 e. The molecule has 2 aromatic heterocycles. The summed E-state index contributed by atoms with van der Waals surface area (Å²) in [6.45, 7) is 5.12. The van der Waals surface area contributed by atoms with Gasteiger partial charge in [0.15, 0.2) is 0 Å². The molecule has 2 aromatic rings. The Morgan fingerprint density at radius 1 is 1.40 bits per heavy atom. The molecule has 0 spiro atoms. The molecule has 0 aliphatic carbocycles. The summed E-state index contributed by atoms with van der Waals surface area (Å²) in [5.41, 5.74) is 3.89. The molecule has 0 aliphatic rings. The van der Waals surface area contributed by atoms with Crippen LogP contribution in [0.15, 0.2) is 6.33 Å². The Morgan fingerprint density at radius 3 is 2.95 bits per heavy atom. The van der Waals surface area contributed by atoms with Gasteiger partial charge in [-0.25, -0.2) is 4.98 Å². The number of nitrogens with zero attached hydrogens (tertiary/aromatic N) is 5. The van der Waals surface area contributed by atoms with Crippen LogP contribution in [0.3, 0.4) is 0 Å². The minimum Gasteiger partial charge on any atom is -0.271 e. The summed E-state index contributed by atoms with van der Waals surface area (Å²) in [6.07, 6.45) is 5.28. The molecule has 0 radical (unpaired) electrons. The molecule has 7 nitrogen and oxygen atoms in total. The largest absolute Gasteiger partial charge is 0.271 e. The van der Waals surface area contributed by atoms with Gasteiger partial charge in [0.05, 0.1) is 16.6 Å². The van der Waals surface area contributed by atoms with E-state index in [4.69, 9.17) is 5.84 Å². The lowest BCUT2D eigenvalue weighted by Gasteiger charge is -2.15. The summed E-state index contributed by atoms with van der Waals surface area (Å²) in [6, 6.07) is -0.0173. The van der Waals surface area contributed by atoms with E-state index in [1.165, 1.54) is 11.5 Å². The van der Waals surface area contributed by atoms with E-state index in [9.17, 15) is 0 Å². The van der Waals surface area contributed by atoms with Crippen molar-refractivity contribution in [1.82, 2.24) is 29.8 Å². The van der Waals surface area contributed by atoms with E-state index in [-0.39, 0.29) is 6.04 Å². The second-order valence-corrected chi connectivity index (χ2v) is 5.44. The fourth-order valence-corrected chi connectivity index (χ4v) is 2.90. The highest BCUT2D eigenvalue weighted by Gasteiger charge is 2.20. The number of rotatable bonds is 8. The predicted molar refractivity (Wildman–Crippen MR) is 78.0 cm³/mol. The van der Waals surface area contributed by atoms with Gasteiger partial charge in [0.1, 0.15) is 12.2 Å². The standard InChI is InChI=1S/C12H21N7S/c1-3-5-9-12(20-18-17-9)10(16-13)7-11-14-8-15-19(11)6-4-2/h8,10,16H,3-7,13H2,1-2H3. The second-order valence-electron chi connectivity index (χ2n) is 4.66. The molecule has 0 aliphatic heterocycles. The summed E-state index contributed by atoms with van der Waals surface area (Å²) >= 11 is 1.40. The molecule has 0 bridgehead atoms. The average Bonchev–Trinajstić information content (AvgIpc) is 3.07. The van der Waals surface area contributed by atoms with E-state index in [0.717, 1.165) is 42.2 Å². The van der Waals surface area contributed by atoms with Crippen molar-refractivity contribution in [2.24, 2.45) is 5.84 Å². The summed E-state index contributed by atoms with van der Waals surface area (Å²) in [7, 11) is 0. The predicted octanol–water partition coefficient (Wildman–Crippen LogP) is 1.24. The van der Waals surface area contributed by atoms with Gasteiger partial charge in [0.2, 0.25) is 0 Å². The van der Waals surface area contributed by atoms with Gasteiger partial charge in [-0.05, 0) is 24.4 Å². The molecule has 0 fully saturated rings. The van der Waals surface area contributed by atoms with Crippen molar-refractivity contribution >= 4 is 11.5 Å². The molecule has 0 amide bonds. The number of hydrogen-bond acceptors (Lipinski definition) is 7. The molecule has 0 aromatic carbocycles. The zero-order valence-corrected chi connectivity index (χ0v) is 12.7. The monoisotopic (exact) mass is 295 g/mol. The van der Waals surface area contributed by atoms with Gasteiger partial charge in [-0.15, -0.1) is 5.10 Å². The van der Waals surface area contributed by atoms with Gasteiger partial charge in [-0.1, -0.05) is 24.8 Å². The number of hydrazine groups is 1. The molecular weight excluding hydrogens is 274 g/mol. The highest BCUT2D eigenvalue weighted by molar-refractivity contribution is 7.05. The molecule has 0 saturated heterocycles. The van der Waals surface area contributed by atoms with Crippen molar-refractivity contribution in [3.63, 3.8) is 0 Å². The van der Waals surface area contributed by atoms with Crippen LogP contribution in [0, 0.1) is 0 Å². The first-order chi connectivity index (χ1) is 9.80. The quantitative estimate of drug-likeness (QED) is 0.562. The maximum Gasteiger partial charge on any atom is 0.138 e. The van der Waals surface area contributed by atoms with E-state index < -0.39 is 0 Å². The molecule has 1 unspecified atom stereocenters. The van der Waals surface area contributed by atoms with Gasteiger partial charge < -0.3 is 0 Å². The Bertz CT molecular complexity index is 521. The zero-order valence-electron chi connectivity index (χ0n) is 11.9. The maximum absolute atomic E-state index is 5.71. The summed E-state index contributed by atoms with van der Waals surface area (Å²) < 4.78 is 5.98. The third-order valence-corrected chi connectivity index (χ3v) is 3.99. The Balaban J connectivity index is 2.15. The molecule has 2 rings (SSSR count). The fraction of sp³-hybridized carbons (Fsp3) is 0.667. The highest BCUT2D eigenvalue weighted by Crippen LogP contribution is 2.23. The first kappa shape index (κ1) is 15.0. The summed E-state index contributed by atoms with van der Waals surface area (Å²) in [4.78, 5) is 5.43. The van der Waals surface area contributed by atoms with Crippen LogP contribution in [0.4, 0.5) is 0 Å². The first-order valence-corrected chi connectivity index (χ1v) is 7.71. The van der Waals surface area contributed by atoms with Crippen LogP contribution >= 0.6 is 11.5 Å². The van der Waals surface area contributed by atoms with E-state index in [2.05, 4.69) is 38.9 Å². The van der Waals surface area contributed by atoms with Gasteiger partial charge >= 0.3 is 0 Å². The van der Waals surface area contributed by atoms with Crippen molar-refractivity contribution in [2.75, 3.05) is 0 Å². The molecule has 20 heavy (non-hydrogen) atoms. The van der Waals surface area contributed by atoms with Crippen LogP contribution in [0.1, 0.15) is 49.1 Å². The van der Waals surface area contributed by atoms with Crippen molar-refractivity contribution < 1.29 is 0 Å². The van der Waals surface area contributed by atoms with E-state index >= 15 is 0 Å². The number of nitrogens with two attached hydrogens (primary N) is 1. The molecule has 8 heteroatoms. The number of aromatic nitrogens is 5.